The normalized spacial score (nSPS) is 14.9. The van der Waals surface area contributed by atoms with Gasteiger partial charge in [0.25, 0.3) is 5.91 Å². The van der Waals surface area contributed by atoms with Crippen molar-refractivity contribution in [3.63, 3.8) is 0 Å². The summed E-state index contributed by atoms with van der Waals surface area (Å²) in [5.74, 6) is 0.969. The molecule has 5 heteroatoms. The second kappa shape index (κ2) is 7.50. The van der Waals surface area contributed by atoms with Gasteiger partial charge in [0, 0.05) is 15.8 Å². The van der Waals surface area contributed by atoms with Crippen LogP contribution in [-0.4, -0.2) is 16.6 Å². The molecule has 0 saturated carbocycles. The molecule has 1 aromatic heterocycles. The van der Waals surface area contributed by atoms with E-state index < -0.39 is 0 Å². The molecule has 3 aromatic carbocycles. The summed E-state index contributed by atoms with van der Waals surface area (Å²) in [7, 11) is 0. The van der Waals surface area contributed by atoms with Crippen LogP contribution in [0.4, 0.5) is 11.4 Å². The average Bonchev–Trinajstić information content (AvgIpc) is 3.19. The molecule has 1 aliphatic heterocycles. The number of benzene rings is 3. The molecule has 156 valence electrons. The van der Waals surface area contributed by atoms with Gasteiger partial charge in [0.1, 0.15) is 5.69 Å². The highest BCUT2D eigenvalue weighted by molar-refractivity contribution is 7.99. The van der Waals surface area contributed by atoms with Crippen molar-refractivity contribution in [1.82, 2.24) is 4.98 Å². The lowest BCUT2D eigenvalue weighted by molar-refractivity contribution is 0.102. The van der Waals surface area contributed by atoms with Crippen molar-refractivity contribution in [3.8, 4) is 11.1 Å². The number of hydrogen-bond donors (Lipinski definition) is 3. The Morgan fingerprint density at radius 3 is 2.65 bits per heavy atom. The Hall–Kier alpha value is -3.18. The van der Waals surface area contributed by atoms with Gasteiger partial charge in [-0.1, -0.05) is 38.1 Å². The number of carbonyl (C=O) groups excluding carboxylic acids is 1. The summed E-state index contributed by atoms with van der Waals surface area (Å²) in [6.45, 7) is 4.66. The number of nitrogens with one attached hydrogen (secondary N) is 2. The molecule has 0 bridgehead atoms. The number of fused-ring (bicyclic) bond motifs is 2. The lowest BCUT2D eigenvalue weighted by atomic mass is 9.80. The maximum absolute atomic E-state index is 12.7. The third kappa shape index (κ3) is 3.70. The van der Waals surface area contributed by atoms with Crippen molar-refractivity contribution in [2.75, 3.05) is 16.8 Å². The van der Waals surface area contributed by atoms with E-state index in [-0.39, 0.29) is 11.3 Å². The molecule has 1 aliphatic rings. The van der Waals surface area contributed by atoms with Gasteiger partial charge in [0.15, 0.2) is 0 Å². The molecule has 0 unspecified atom stereocenters. The van der Waals surface area contributed by atoms with Crippen LogP contribution in [0.15, 0.2) is 71.6 Å². The third-order valence-electron chi connectivity index (χ3n) is 6.10. The quantitative estimate of drug-likeness (QED) is 0.329. The summed E-state index contributed by atoms with van der Waals surface area (Å²) in [5, 5.41) is 3.89. The molecule has 4 N–H and O–H groups in total. The smallest absolute Gasteiger partial charge is 0.272 e. The number of rotatable bonds is 3. The van der Waals surface area contributed by atoms with Crippen LogP contribution < -0.4 is 11.1 Å². The molecule has 0 atom stereocenters. The van der Waals surface area contributed by atoms with E-state index in [9.17, 15) is 4.79 Å². The summed E-state index contributed by atoms with van der Waals surface area (Å²) in [4.78, 5) is 17.3. The first-order valence-electron chi connectivity index (χ1n) is 10.5. The number of aromatic amines is 1. The topological polar surface area (TPSA) is 70.9 Å². The van der Waals surface area contributed by atoms with E-state index in [1.165, 1.54) is 28.2 Å². The molecule has 0 saturated heterocycles. The molecule has 1 amide bonds. The van der Waals surface area contributed by atoms with Crippen LogP contribution in [0.2, 0.25) is 0 Å². The zero-order valence-electron chi connectivity index (χ0n) is 17.7. The monoisotopic (exact) mass is 427 g/mol. The van der Waals surface area contributed by atoms with Crippen LogP contribution in [0.5, 0.6) is 0 Å². The Morgan fingerprint density at radius 2 is 1.81 bits per heavy atom. The first-order chi connectivity index (χ1) is 14.9. The Balaban J connectivity index is 1.46. The molecular weight excluding hydrogens is 402 g/mol. The number of thioether (sulfide) groups is 1. The Bertz CT molecular complexity index is 1310. The minimum absolute atomic E-state index is 0.194. The number of aromatic nitrogens is 1. The van der Waals surface area contributed by atoms with Crippen molar-refractivity contribution >= 4 is 39.9 Å². The molecule has 5 rings (SSSR count). The summed E-state index contributed by atoms with van der Waals surface area (Å²) < 4.78 is 0. The zero-order valence-corrected chi connectivity index (χ0v) is 18.5. The summed E-state index contributed by atoms with van der Waals surface area (Å²) >= 11 is 1.95. The maximum Gasteiger partial charge on any atom is 0.272 e. The van der Waals surface area contributed by atoms with Crippen LogP contribution in [0.1, 0.15) is 36.3 Å². The second-order valence-corrected chi connectivity index (χ2v) is 9.86. The number of hydrogen-bond acceptors (Lipinski definition) is 3. The van der Waals surface area contributed by atoms with Gasteiger partial charge in [-0.2, -0.15) is 0 Å². The molecule has 0 radical (unpaired) electrons. The third-order valence-corrected chi connectivity index (χ3v) is 7.18. The molecule has 31 heavy (non-hydrogen) atoms. The fraction of sp³-hybridized carbons (Fsp3) is 0.192. The molecule has 4 nitrogen and oxygen atoms in total. The molecular formula is C26H25N3OS. The number of nitrogen functional groups attached to an aromatic ring is 1. The van der Waals surface area contributed by atoms with Gasteiger partial charge in [-0.3, -0.25) is 4.79 Å². The van der Waals surface area contributed by atoms with Gasteiger partial charge in [-0.25, -0.2) is 0 Å². The molecule has 0 aliphatic carbocycles. The number of H-pyrrole nitrogens is 1. The Morgan fingerprint density at radius 1 is 1.03 bits per heavy atom. The van der Waals surface area contributed by atoms with Crippen molar-refractivity contribution in [3.05, 3.63) is 78.0 Å². The molecule has 4 aromatic rings. The fourth-order valence-electron chi connectivity index (χ4n) is 4.15. The highest BCUT2D eigenvalue weighted by Crippen LogP contribution is 2.43. The summed E-state index contributed by atoms with van der Waals surface area (Å²) in [6.07, 6.45) is 1.19. The van der Waals surface area contributed by atoms with E-state index in [2.05, 4.69) is 54.5 Å². The zero-order chi connectivity index (χ0) is 21.6. The second-order valence-electron chi connectivity index (χ2n) is 8.72. The van der Waals surface area contributed by atoms with Gasteiger partial charge < -0.3 is 16.0 Å². The molecule has 2 heterocycles. The minimum atomic E-state index is -0.205. The van der Waals surface area contributed by atoms with E-state index in [0.717, 1.165) is 16.5 Å². The first-order valence-corrected chi connectivity index (χ1v) is 11.5. The SMILES string of the molecule is CC1(C)CCSc2ccc(-c3ccc4[nH]c(C(=O)Nc5ccccc5N)cc4c3)cc21. The fourth-order valence-corrected chi connectivity index (χ4v) is 5.64. The highest BCUT2D eigenvalue weighted by Gasteiger charge is 2.28. The Labute approximate surface area is 186 Å². The predicted octanol–water partition coefficient (Wildman–Crippen LogP) is 6.44. The highest BCUT2D eigenvalue weighted by atomic mass is 32.2. The number of nitrogens with two attached hydrogens (primary N) is 1. The Kier molecular flexibility index (Phi) is 4.78. The minimum Gasteiger partial charge on any atom is -0.397 e. The van der Waals surface area contributed by atoms with Crippen LogP contribution in [0, 0.1) is 0 Å². The van der Waals surface area contributed by atoms with Gasteiger partial charge in [-0.05, 0) is 76.7 Å². The lowest BCUT2D eigenvalue weighted by Crippen LogP contribution is -2.22. The van der Waals surface area contributed by atoms with Crippen LogP contribution in [0.25, 0.3) is 22.0 Å². The number of carbonyl (C=O) groups is 1. The van der Waals surface area contributed by atoms with Crippen molar-refractivity contribution in [2.24, 2.45) is 0 Å². The standard InChI is InChI=1S/C26H25N3OS/c1-26(2)11-12-31-24-10-8-17(14-19(24)26)16-7-9-21-18(13-16)15-23(28-21)25(30)29-22-6-4-3-5-20(22)27/h3-10,13-15,28H,11-12,27H2,1-2H3,(H,29,30). The lowest BCUT2D eigenvalue weighted by Gasteiger charge is -2.32. The van der Waals surface area contributed by atoms with E-state index in [1.807, 2.05) is 36.0 Å². The molecule has 0 fully saturated rings. The van der Waals surface area contributed by atoms with E-state index >= 15 is 0 Å². The van der Waals surface area contributed by atoms with Crippen LogP contribution in [-0.2, 0) is 5.41 Å². The predicted molar refractivity (Wildman–Crippen MR) is 131 cm³/mol. The first kappa shape index (κ1) is 19.8. The van der Waals surface area contributed by atoms with E-state index in [4.69, 9.17) is 5.73 Å². The van der Waals surface area contributed by atoms with Gasteiger partial charge >= 0.3 is 0 Å². The van der Waals surface area contributed by atoms with Crippen molar-refractivity contribution in [1.29, 1.82) is 0 Å². The summed E-state index contributed by atoms with van der Waals surface area (Å²) in [5.41, 5.74) is 12.5. The van der Waals surface area contributed by atoms with Gasteiger partial charge in [0.05, 0.1) is 11.4 Å². The van der Waals surface area contributed by atoms with Crippen LogP contribution in [0.3, 0.4) is 0 Å². The average molecular weight is 428 g/mol. The number of anilines is 2. The van der Waals surface area contributed by atoms with Gasteiger partial charge in [-0.15, -0.1) is 11.8 Å². The van der Waals surface area contributed by atoms with E-state index in [0.29, 0.717) is 17.1 Å². The number of amides is 1. The van der Waals surface area contributed by atoms with Crippen LogP contribution >= 0.6 is 11.8 Å². The number of para-hydroxylation sites is 2. The maximum atomic E-state index is 12.7. The van der Waals surface area contributed by atoms with E-state index in [1.54, 1.807) is 12.1 Å². The van der Waals surface area contributed by atoms with Gasteiger partial charge in [0.2, 0.25) is 0 Å². The van der Waals surface area contributed by atoms with Crippen molar-refractivity contribution < 1.29 is 4.79 Å². The summed E-state index contributed by atoms with van der Waals surface area (Å²) in [6, 6.07) is 22.2. The largest absolute Gasteiger partial charge is 0.397 e. The molecule has 0 spiro atoms. The van der Waals surface area contributed by atoms with Crippen molar-refractivity contribution in [2.45, 2.75) is 30.6 Å².